The van der Waals surface area contributed by atoms with Gasteiger partial charge >= 0.3 is 5.97 Å². The van der Waals surface area contributed by atoms with E-state index in [2.05, 4.69) is 4.72 Å². The van der Waals surface area contributed by atoms with Crippen LogP contribution in [0.2, 0.25) is 0 Å². The maximum atomic E-state index is 12.9. The van der Waals surface area contributed by atoms with Crippen molar-refractivity contribution in [2.75, 3.05) is 14.2 Å². The van der Waals surface area contributed by atoms with Crippen molar-refractivity contribution in [3.63, 3.8) is 0 Å². The molecule has 26 heavy (non-hydrogen) atoms. The number of nitro benzene ring substituents is 1. The Hall–Kier alpha value is -2.20. The van der Waals surface area contributed by atoms with Crippen molar-refractivity contribution in [2.45, 2.75) is 49.0 Å². The van der Waals surface area contributed by atoms with Crippen molar-refractivity contribution in [3.8, 4) is 5.75 Å². The first-order chi connectivity index (χ1) is 12.3. The normalized spacial score (nSPS) is 17.2. The standard InChI is InChI=1S/C16H22N2O7S/c1-24-12-7-8-14(13(11-12)18(20)21)26(22,23)17-16(15(19)25-2)9-5-3-4-6-10-16/h7-8,11,17H,3-6,9-10H2,1-2H3. The highest BCUT2D eigenvalue weighted by Gasteiger charge is 2.44. The van der Waals surface area contributed by atoms with Gasteiger partial charge < -0.3 is 9.47 Å². The average molecular weight is 386 g/mol. The molecule has 0 aliphatic heterocycles. The lowest BCUT2D eigenvalue weighted by molar-refractivity contribution is -0.387. The lowest BCUT2D eigenvalue weighted by Gasteiger charge is -2.30. The molecule has 9 nitrogen and oxygen atoms in total. The second-order valence-corrected chi connectivity index (χ2v) is 7.83. The number of rotatable bonds is 6. The number of esters is 1. The van der Waals surface area contributed by atoms with E-state index in [-0.39, 0.29) is 18.6 Å². The van der Waals surface area contributed by atoms with Gasteiger partial charge in [0.25, 0.3) is 5.69 Å². The molecule has 0 unspecified atom stereocenters. The molecule has 0 saturated heterocycles. The molecule has 0 amide bonds. The summed E-state index contributed by atoms with van der Waals surface area (Å²) >= 11 is 0. The molecule has 2 rings (SSSR count). The summed E-state index contributed by atoms with van der Waals surface area (Å²) < 4.78 is 37.9. The summed E-state index contributed by atoms with van der Waals surface area (Å²) in [6, 6.07) is 3.45. The van der Waals surface area contributed by atoms with Crippen molar-refractivity contribution in [1.82, 2.24) is 4.72 Å². The first-order valence-electron chi connectivity index (χ1n) is 8.20. The van der Waals surface area contributed by atoms with Crippen molar-refractivity contribution < 1.29 is 27.6 Å². The number of methoxy groups -OCH3 is 2. The minimum atomic E-state index is -4.34. The minimum absolute atomic E-state index is 0.160. The maximum absolute atomic E-state index is 12.9. The lowest BCUT2D eigenvalue weighted by Crippen LogP contribution is -2.54. The van der Waals surface area contributed by atoms with E-state index in [1.165, 1.54) is 20.3 Å². The van der Waals surface area contributed by atoms with E-state index in [1.807, 2.05) is 0 Å². The molecule has 0 atom stereocenters. The fourth-order valence-corrected chi connectivity index (χ4v) is 4.75. The third-order valence-electron chi connectivity index (χ3n) is 4.52. The Morgan fingerprint density at radius 3 is 2.31 bits per heavy atom. The van der Waals surface area contributed by atoms with Gasteiger partial charge in [-0.25, -0.2) is 8.42 Å². The Morgan fingerprint density at radius 1 is 1.19 bits per heavy atom. The Morgan fingerprint density at radius 2 is 1.81 bits per heavy atom. The van der Waals surface area contributed by atoms with Crippen LogP contribution in [0.3, 0.4) is 0 Å². The van der Waals surface area contributed by atoms with E-state index in [0.717, 1.165) is 25.0 Å². The van der Waals surface area contributed by atoms with E-state index in [4.69, 9.17) is 9.47 Å². The molecule has 1 aliphatic carbocycles. The fraction of sp³-hybridized carbons (Fsp3) is 0.562. The van der Waals surface area contributed by atoms with Gasteiger partial charge in [0.1, 0.15) is 11.3 Å². The van der Waals surface area contributed by atoms with Gasteiger partial charge in [-0.05, 0) is 25.0 Å². The second-order valence-electron chi connectivity index (χ2n) is 6.18. The molecule has 0 aromatic heterocycles. The third-order valence-corrected chi connectivity index (χ3v) is 6.10. The van der Waals surface area contributed by atoms with Crippen LogP contribution in [0.1, 0.15) is 38.5 Å². The summed E-state index contributed by atoms with van der Waals surface area (Å²) in [5.74, 6) is -0.521. The molecular weight excluding hydrogens is 364 g/mol. The van der Waals surface area contributed by atoms with E-state index in [0.29, 0.717) is 12.8 Å². The van der Waals surface area contributed by atoms with Crippen LogP contribution >= 0.6 is 0 Å². The van der Waals surface area contributed by atoms with Crippen LogP contribution in [0.25, 0.3) is 0 Å². The van der Waals surface area contributed by atoms with E-state index < -0.39 is 37.0 Å². The van der Waals surface area contributed by atoms with Crippen molar-refractivity contribution in [3.05, 3.63) is 28.3 Å². The first-order valence-corrected chi connectivity index (χ1v) is 9.69. The molecule has 1 saturated carbocycles. The summed E-state index contributed by atoms with van der Waals surface area (Å²) in [6.45, 7) is 0. The first kappa shape index (κ1) is 20.1. The van der Waals surface area contributed by atoms with Crippen LogP contribution in [0.5, 0.6) is 5.75 Å². The van der Waals surface area contributed by atoms with Gasteiger partial charge in [-0.15, -0.1) is 0 Å². The average Bonchev–Trinajstić information content (AvgIpc) is 2.86. The van der Waals surface area contributed by atoms with Gasteiger partial charge in [0.05, 0.1) is 25.2 Å². The van der Waals surface area contributed by atoms with Gasteiger partial charge in [0, 0.05) is 0 Å². The Bertz CT molecular complexity index is 784. The van der Waals surface area contributed by atoms with Gasteiger partial charge in [-0.2, -0.15) is 4.72 Å². The topological polar surface area (TPSA) is 125 Å². The molecule has 144 valence electrons. The highest BCUT2D eigenvalue weighted by atomic mass is 32.2. The van der Waals surface area contributed by atoms with E-state index >= 15 is 0 Å². The Labute approximate surface area is 151 Å². The minimum Gasteiger partial charge on any atom is -0.497 e. The number of nitro groups is 1. The molecule has 1 aromatic rings. The van der Waals surface area contributed by atoms with Gasteiger partial charge in [0.15, 0.2) is 4.90 Å². The zero-order valence-electron chi connectivity index (χ0n) is 14.7. The fourth-order valence-electron chi connectivity index (χ4n) is 3.18. The van der Waals surface area contributed by atoms with Crippen LogP contribution < -0.4 is 9.46 Å². The zero-order valence-corrected chi connectivity index (χ0v) is 15.5. The molecule has 0 bridgehead atoms. The molecule has 10 heteroatoms. The third kappa shape index (κ3) is 4.13. The summed E-state index contributed by atoms with van der Waals surface area (Å²) in [4.78, 5) is 22.4. The predicted octanol–water partition coefficient (Wildman–Crippen LogP) is 2.15. The van der Waals surface area contributed by atoms with E-state index in [9.17, 15) is 23.3 Å². The number of ether oxygens (including phenoxy) is 2. The van der Waals surface area contributed by atoms with Crippen LogP contribution in [0.15, 0.2) is 23.1 Å². The Balaban J connectivity index is 2.48. The number of carbonyl (C=O) groups is 1. The smallest absolute Gasteiger partial charge is 0.327 e. The quantitative estimate of drug-likeness (QED) is 0.344. The maximum Gasteiger partial charge on any atom is 0.327 e. The van der Waals surface area contributed by atoms with Gasteiger partial charge in [-0.3, -0.25) is 14.9 Å². The number of nitrogens with one attached hydrogen (secondary N) is 1. The van der Waals surface area contributed by atoms with Crippen LogP contribution in [-0.4, -0.2) is 39.1 Å². The lowest BCUT2D eigenvalue weighted by atomic mass is 9.92. The monoisotopic (exact) mass is 386 g/mol. The highest BCUT2D eigenvalue weighted by molar-refractivity contribution is 7.89. The number of carbonyl (C=O) groups excluding carboxylic acids is 1. The number of hydrogen-bond acceptors (Lipinski definition) is 7. The largest absolute Gasteiger partial charge is 0.497 e. The molecule has 1 fully saturated rings. The molecule has 0 heterocycles. The second kappa shape index (κ2) is 8.00. The number of sulfonamides is 1. The SMILES string of the molecule is COC(=O)C1(NS(=O)(=O)c2ccc(OC)cc2[N+](=O)[O-])CCCCCC1. The summed E-state index contributed by atoms with van der Waals surface area (Å²) in [5, 5.41) is 11.3. The molecule has 0 spiro atoms. The summed E-state index contributed by atoms with van der Waals surface area (Å²) in [5.41, 5.74) is -2.04. The number of nitrogens with zero attached hydrogens (tertiary/aromatic N) is 1. The Kier molecular flexibility index (Phi) is 6.19. The number of benzene rings is 1. The van der Waals surface area contributed by atoms with Crippen LogP contribution in [-0.2, 0) is 19.6 Å². The van der Waals surface area contributed by atoms with Crippen LogP contribution in [0.4, 0.5) is 5.69 Å². The summed E-state index contributed by atoms with van der Waals surface area (Å²) in [6.07, 6.45) is 3.63. The molecule has 1 N–H and O–H groups in total. The van der Waals surface area contributed by atoms with Crippen molar-refractivity contribution in [2.24, 2.45) is 0 Å². The number of hydrogen-bond donors (Lipinski definition) is 1. The van der Waals surface area contributed by atoms with E-state index in [1.54, 1.807) is 0 Å². The van der Waals surface area contributed by atoms with Gasteiger partial charge in [0.2, 0.25) is 10.0 Å². The van der Waals surface area contributed by atoms with Gasteiger partial charge in [-0.1, -0.05) is 25.7 Å². The molecule has 1 aliphatic rings. The molecule has 1 aromatic carbocycles. The van der Waals surface area contributed by atoms with Crippen molar-refractivity contribution >= 4 is 21.7 Å². The van der Waals surface area contributed by atoms with Crippen LogP contribution in [0, 0.1) is 10.1 Å². The zero-order chi connectivity index (χ0) is 19.4. The molecule has 0 radical (unpaired) electrons. The summed E-state index contributed by atoms with van der Waals surface area (Å²) in [7, 11) is -1.82. The molecular formula is C16H22N2O7S. The predicted molar refractivity (Wildman–Crippen MR) is 92.4 cm³/mol. The highest BCUT2D eigenvalue weighted by Crippen LogP contribution is 2.33. The van der Waals surface area contributed by atoms with Crippen molar-refractivity contribution in [1.29, 1.82) is 0 Å².